The second-order valence-corrected chi connectivity index (χ2v) is 7.22. The molecule has 0 atom stereocenters. The zero-order valence-electron chi connectivity index (χ0n) is 10.7. The second-order valence-electron chi connectivity index (χ2n) is 7.22. The van der Waals surface area contributed by atoms with Gasteiger partial charge in [0, 0.05) is 0 Å². The van der Waals surface area contributed by atoms with Crippen LogP contribution < -0.4 is 5.32 Å². The first-order valence-electron chi connectivity index (χ1n) is 7.70. The molecule has 4 aliphatic carbocycles. The van der Waals surface area contributed by atoms with Gasteiger partial charge in [-0.15, -0.1) is 0 Å². The third kappa shape index (κ3) is 1.46. The summed E-state index contributed by atoms with van der Waals surface area (Å²) in [6.07, 6.45) is 9.26. The normalized spacial score (nSPS) is 54.2. The number of hydrogen-bond donors (Lipinski definition) is 2. The fraction of sp³-hybridized carbons (Fsp3) is 1.00. The van der Waals surface area contributed by atoms with Crippen molar-refractivity contribution in [1.82, 2.24) is 5.32 Å². The summed E-state index contributed by atoms with van der Waals surface area (Å²) in [7, 11) is 0. The van der Waals surface area contributed by atoms with Crippen LogP contribution in [0.4, 0.5) is 0 Å². The van der Waals surface area contributed by atoms with E-state index in [1.165, 1.54) is 44.9 Å². The van der Waals surface area contributed by atoms with E-state index >= 15 is 0 Å². The summed E-state index contributed by atoms with van der Waals surface area (Å²) in [6, 6.07) is 0. The van der Waals surface area contributed by atoms with Gasteiger partial charge in [-0.05, 0) is 87.6 Å². The number of hydrogen-bond acceptors (Lipinski definition) is 2. The smallest absolute Gasteiger partial charge is 0.0733 e. The van der Waals surface area contributed by atoms with E-state index in [0.29, 0.717) is 17.8 Å². The van der Waals surface area contributed by atoms with E-state index in [2.05, 4.69) is 5.32 Å². The van der Waals surface area contributed by atoms with Crippen molar-refractivity contribution in [2.45, 2.75) is 50.5 Å². The van der Waals surface area contributed by atoms with Gasteiger partial charge in [0.15, 0.2) is 0 Å². The van der Waals surface area contributed by atoms with Crippen LogP contribution in [0.1, 0.15) is 44.9 Å². The van der Waals surface area contributed by atoms with Crippen molar-refractivity contribution in [3.8, 4) is 0 Å². The maximum Gasteiger partial charge on any atom is 0.0733 e. The molecule has 0 amide bonds. The molecule has 1 saturated heterocycles. The first-order valence-corrected chi connectivity index (χ1v) is 7.70. The minimum Gasteiger partial charge on any atom is -0.389 e. The Labute approximate surface area is 104 Å². The van der Waals surface area contributed by atoms with Crippen LogP contribution in [0, 0.1) is 29.6 Å². The predicted octanol–water partition coefficient (Wildman–Crippen LogP) is 2.17. The molecule has 0 aromatic heterocycles. The Bertz CT molecular complexity index is 275. The van der Waals surface area contributed by atoms with Gasteiger partial charge in [0.1, 0.15) is 0 Å². The molecule has 1 aliphatic heterocycles. The molecule has 2 heteroatoms. The summed E-state index contributed by atoms with van der Waals surface area (Å²) < 4.78 is 0. The lowest BCUT2D eigenvalue weighted by atomic mass is 9.46. The van der Waals surface area contributed by atoms with Crippen molar-refractivity contribution >= 4 is 0 Å². The molecule has 2 nitrogen and oxygen atoms in total. The van der Waals surface area contributed by atoms with Gasteiger partial charge in [-0.3, -0.25) is 0 Å². The Morgan fingerprint density at radius 1 is 0.765 bits per heavy atom. The maximum atomic E-state index is 11.4. The number of rotatable bonds is 1. The van der Waals surface area contributed by atoms with Crippen molar-refractivity contribution in [2.24, 2.45) is 29.6 Å². The quantitative estimate of drug-likeness (QED) is 0.730. The molecule has 0 spiro atoms. The molecule has 5 aliphatic rings. The molecular weight excluding hydrogens is 210 g/mol. The molecule has 4 bridgehead atoms. The third-order valence-corrected chi connectivity index (χ3v) is 6.44. The van der Waals surface area contributed by atoms with Crippen molar-refractivity contribution in [3.05, 3.63) is 0 Å². The fourth-order valence-corrected chi connectivity index (χ4v) is 5.89. The predicted molar refractivity (Wildman–Crippen MR) is 67.6 cm³/mol. The van der Waals surface area contributed by atoms with Gasteiger partial charge in [0.05, 0.1) is 5.60 Å². The fourth-order valence-electron chi connectivity index (χ4n) is 5.89. The Kier molecular flexibility index (Phi) is 2.36. The number of piperidine rings is 1. The molecule has 0 unspecified atom stereocenters. The van der Waals surface area contributed by atoms with Crippen molar-refractivity contribution in [3.63, 3.8) is 0 Å². The Balaban J connectivity index is 1.63. The highest BCUT2D eigenvalue weighted by atomic mass is 16.3. The average molecular weight is 235 g/mol. The van der Waals surface area contributed by atoms with E-state index in [1.807, 2.05) is 0 Å². The largest absolute Gasteiger partial charge is 0.389 e. The third-order valence-electron chi connectivity index (χ3n) is 6.44. The summed E-state index contributed by atoms with van der Waals surface area (Å²) in [5.41, 5.74) is -0.268. The minimum absolute atomic E-state index is 0.268. The maximum absolute atomic E-state index is 11.4. The van der Waals surface area contributed by atoms with Crippen molar-refractivity contribution < 1.29 is 5.11 Å². The molecule has 5 rings (SSSR count). The van der Waals surface area contributed by atoms with E-state index in [1.54, 1.807) is 0 Å². The molecule has 0 aromatic carbocycles. The first-order chi connectivity index (χ1) is 8.27. The highest BCUT2D eigenvalue weighted by molar-refractivity contribution is 5.09. The first kappa shape index (κ1) is 10.8. The summed E-state index contributed by atoms with van der Waals surface area (Å²) in [5, 5.41) is 14.8. The van der Waals surface area contributed by atoms with Gasteiger partial charge < -0.3 is 10.4 Å². The average Bonchev–Trinajstić information content (AvgIpc) is 2.36. The van der Waals surface area contributed by atoms with Crippen LogP contribution in [0.5, 0.6) is 0 Å². The van der Waals surface area contributed by atoms with Gasteiger partial charge >= 0.3 is 0 Å². The van der Waals surface area contributed by atoms with Crippen molar-refractivity contribution in [2.75, 3.05) is 13.1 Å². The van der Waals surface area contributed by atoms with Gasteiger partial charge in [0.25, 0.3) is 0 Å². The Morgan fingerprint density at radius 2 is 1.29 bits per heavy atom. The van der Waals surface area contributed by atoms with Crippen LogP contribution >= 0.6 is 0 Å². The summed E-state index contributed by atoms with van der Waals surface area (Å²) in [5.74, 6) is 3.85. The molecule has 96 valence electrons. The zero-order chi connectivity index (χ0) is 11.5. The van der Waals surface area contributed by atoms with Gasteiger partial charge in [-0.1, -0.05) is 0 Å². The summed E-state index contributed by atoms with van der Waals surface area (Å²) in [6.45, 7) is 2.25. The highest BCUT2D eigenvalue weighted by Gasteiger charge is 2.59. The van der Waals surface area contributed by atoms with Gasteiger partial charge in [0.2, 0.25) is 0 Å². The topological polar surface area (TPSA) is 32.3 Å². The van der Waals surface area contributed by atoms with Gasteiger partial charge in [-0.2, -0.15) is 0 Å². The van der Waals surface area contributed by atoms with Gasteiger partial charge in [-0.25, -0.2) is 0 Å². The lowest BCUT2D eigenvalue weighted by molar-refractivity contribution is -0.205. The molecule has 4 saturated carbocycles. The SMILES string of the molecule is OC1(C2CCNCC2)C2CC3CC(C2)CC1C3. The van der Waals surface area contributed by atoms with Crippen LogP contribution in [0.25, 0.3) is 0 Å². The summed E-state index contributed by atoms with van der Waals surface area (Å²) >= 11 is 0. The lowest BCUT2D eigenvalue weighted by Gasteiger charge is -2.61. The lowest BCUT2D eigenvalue weighted by Crippen LogP contribution is -2.62. The molecule has 1 heterocycles. The summed E-state index contributed by atoms with van der Waals surface area (Å²) in [4.78, 5) is 0. The Hall–Kier alpha value is -0.0800. The zero-order valence-corrected chi connectivity index (χ0v) is 10.7. The molecule has 0 radical (unpaired) electrons. The van der Waals surface area contributed by atoms with E-state index in [9.17, 15) is 5.11 Å². The number of nitrogens with one attached hydrogen (secondary N) is 1. The minimum atomic E-state index is -0.268. The Morgan fingerprint density at radius 3 is 1.82 bits per heavy atom. The van der Waals surface area contributed by atoms with Crippen LogP contribution in [-0.2, 0) is 0 Å². The van der Waals surface area contributed by atoms with E-state index in [-0.39, 0.29) is 5.60 Å². The van der Waals surface area contributed by atoms with Crippen LogP contribution in [0.15, 0.2) is 0 Å². The molecular formula is C15H25NO. The van der Waals surface area contributed by atoms with E-state index in [0.717, 1.165) is 24.9 Å². The number of aliphatic hydroxyl groups is 1. The van der Waals surface area contributed by atoms with E-state index < -0.39 is 0 Å². The van der Waals surface area contributed by atoms with Crippen molar-refractivity contribution in [1.29, 1.82) is 0 Å². The standard InChI is InChI=1S/C15H25NO/c17-15(12-1-3-16-4-2-12)13-6-10-5-11(8-13)9-14(15)7-10/h10-14,16-17H,1-9H2. The second kappa shape index (κ2) is 3.71. The molecule has 2 N–H and O–H groups in total. The van der Waals surface area contributed by atoms with Crippen LogP contribution in [-0.4, -0.2) is 23.8 Å². The monoisotopic (exact) mass is 235 g/mol. The highest BCUT2D eigenvalue weighted by Crippen LogP contribution is 2.61. The van der Waals surface area contributed by atoms with Crippen LogP contribution in [0.3, 0.4) is 0 Å². The molecule has 0 aromatic rings. The van der Waals surface area contributed by atoms with E-state index in [4.69, 9.17) is 0 Å². The van der Waals surface area contributed by atoms with Crippen LogP contribution in [0.2, 0.25) is 0 Å². The molecule has 17 heavy (non-hydrogen) atoms. The molecule has 5 fully saturated rings.